The zero-order valence-corrected chi connectivity index (χ0v) is 7.60. The summed E-state index contributed by atoms with van der Waals surface area (Å²) >= 11 is 1.56. The van der Waals surface area contributed by atoms with Crippen molar-refractivity contribution in [3.63, 3.8) is 0 Å². The summed E-state index contributed by atoms with van der Waals surface area (Å²) in [6.07, 6.45) is 1.72. The van der Waals surface area contributed by atoms with E-state index in [-0.39, 0.29) is 0 Å². The van der Waals surface area contributed by atoms with Crippen molar-refractivity contribution < 1.29 is 0 Å². The maximum absolute atomic E-state index is 5.60. The molecule has 4 nitrogen and oxygen atoms in total. The maximum atomic E-state index is 5.60. The molecule has 1 aromatic heterocycles. The van der Waals surface area contributed by atoms with Crippen molar-refractivity contribution in [1.29, 1.82) is 0 Å². The van der Waals surface area contributed by atoms with Crippen LogP contribution in [-0.2, 0) is 0 Å². The highest BCUT2D eigenvalue weighted by molar-refractivity contribution is 7.19. The van der Waals surface area contributed by atoms with E-state index in [1.54, 1.807) is 17.5 Å². The van der Waals surface area contributed by atoms with Crippen molar-refractivity contribution >= 4 is 21.5 Å². The Bertz CT molecular complexity index is 254. The second-order valence-corrected chi connectivity index (χ2v) is 3.82. The predicted octanol–water partition coefficient (Wildman–Crippen LogP) is 0.135. The number of rotatable bonds is 1. The van der Waals surface area contributed by atoms with Gasteiger partial charge in [0.1, 0.15) is 5.00 Å². The fourth-order valence-electron chi connectivity index (χ4n) is 1.28. The van der Waals surface area contributed by atoms with Gasteiger partial charge in [-0.1, -0.05) is 11.3 Å². The third-order valence-electron chi connectivity index (χ3n) is 1.90. The average molecular weight is 184 g/mol. The van der Waals surface area contributed by atoms with E-state index in [2.05, 4.69) is 15.2 Å². The Morgan fingerprint density at radius 1 is 1.50 bits per heavy atom. The normalized spacial score (nSPS) is 18.2. The Hall–Kier alpha value is -0.810. The first-order chi connectivity index (χ1) is 5.86. The second-order valence-electron chi connectivity index (χ2n) is 2.78. The number of nitrogens with two attached hydrogens (primary N) is 1. The van der Waals surface area contributed by atoms with Gasteiger partial charge < -0.3 is 16.0 Å². The molecule has 0 bridgehead atoms. The van der Waals surface area contributed by atoms with E-state index in [1.807, 2.05) is 0 Å². The first kappa shape index (κ1) is 7.82. The fourth-order valence-corrected chi connectivity index (χ4v) is 2.01. The maximum Gasteiger partial charge on any atom is 0.187 e. The molecule has 0 saturated carbocycles. The Morgan fingerprint density at radius 3 is 2.83 bits per heavy atom. The third-order valence-corrected chi connectivity index (χ3v) is 2.79. The predicted molar refractivity (Wildman–Crippen MR) is 51.6 cm³/mol. The minimum absolute atomic E-state index is 0.795. The molecule has 0 amide bonds. The van der Waals surface area contributed by atoms with Crippen molar-refractivity contribution in [1.82, 2.24) is 10.3 Å². The van der Waals surface area contributed by atoms with Crippen molar-refractivity contribution in [2.24, 2.45) is 0 Å². The molecule has 0 aromatic carbocycles. The van der Waals surface area contributed by atoms with E-state index >= 15 is 0 Å². The van der Waals surface area contributed by atoms with E-state index in [9.17, 15) is 0 Å². The standard InChI is InChI=1S/C7H12N4S/c8-6-5-10-7(12-6)11-3-1-9-2-4-11/h5,9H,1-4,8H2. The van der Waals surface area contributed by atoms with Crippen molar-refractivity contribution in [3.8, 4) is 0 Å². The molecule has 66 valence electrons. The first-order valence-corrected chi connectivity index (χ1v) is 4.85. The molecule has 12 heavy (non-hydrogen) atoms. The van der Waals surface area contributed by atoms with Crippen LogP contribution in [0.2, 0.25) is 0 Å². The Balaban J connectivity index is 2.08. The van der Waals surface area contributed by atoms with Gasteiger partial charge >= 0.3 is 0 Å². The Labute approximate surface area is 75.4 Å². The lowest BCUT2D eigenvalue weighted by Crippen LogP contribution is -2.43. The highest BCUT2D eigenvalue weighted by Crippen LogP contribution is 2.23. The molecule has 0 spiro atoms. The molecule has 3 N–H and O–H groups in total. The van der Waals surface area contributed by atoms with E-state index in [4.69, 9.17) is 5.73 Å². The lowest BCUT2D eigenvalue weighted by Gasteiger charge is -2.26. The molecule has 0 atom stereocenters. The SMILES string of the molecule is Nc1cnc(N2CCNCC2)s1. The second kappa shape index (κ2) is 3.28. The largest absolute Gasteiger partial charge is 0.389 e. The molecule has 1 fully saturated rings. The summed E-state index contributed by atoms with van der Waals surface area (Å²) in [4.78, 5) is 6.49. The van der Waals surface area contributed by atoms with Crippen LogP contribution >= 0.6 is 11.3 Å². The fraction of sp³-hybridized carbons (Fsp3) is 0.571. The van der Waals surface area contributed by atoms with Crippen LogP contribution in [0.3, 0.4) is 0 Å². The molecular weight excluding hydrogens is 172 g/mol. The van der Waals surface area contributed by atoms with Gasteiger partial charge in [0.05, 0.1) is 6.20 Å². The quantitative estimate of drug-likeness (QED) is 0.651. The van der Waals surface area contributed by atoms with Gasteiger partial charge in [0.2, 0.25) is 0 Å². The third kappa shape index (κ3) is 1.51. The molecule has 2 rings (SSSR count). The van der Waals surface area contributed by atoms with E-state index in [0.717, 1.165) is 36.3 Å². The number of piperazine rings is 1. The number of hydrogen-bond acceptors (Lipinski definition) is 5. The van der Waals surface area contributed by atoms with Gasteiger partial charge in [-0.25, -0.2) is 4.98 Å². The van der Waals surface area contributed by atoms with Gasteiger partial charge in [0.15, 0.2) is 5.13 Å². The van der Waals surface area contributed by atoms with Crippen molar-refractivity contribution in [2.45, 2.75) is 0 Å². The van der Waals surface area contributed by atoms with Crippen LogP contribution in [-0.4, -0.2) is 31.2 Å². The summed E-state index contributed by atoms with van der Waals surface area (Å²) in [5.41, 5.74) is 5.60. The van der Waals surface area contributed by atoms with Crippen molar-refractivity contribution in [2.75, 3.05) is 36.8 Å². The number of hydrogen-bond donors (Lipinski definition) is 2. The highest BCUT2D eigenvalue weighted by atomic mass is 32.1. The van der Waals surface area contributed by atoms with E-state index in [1.165, 1.54) is 0 Å². The zero-order chi connectivity index (χ0) is 8.39. The van der Waals surface area contributed by atoms with Gasteiger partial charge in [-0.15, -0.1) is 0 Å². The first-order valence-electron chi connectivity index (χ1n) is 4.03. The summed E-state index contributed by atoms with van der Waals surface area (Å²) in [6, 6.07) is 0. The van der Waals surface area contributed by atoms with Gasteiger partial charge in [-0.05, 0) is 0 Å². The Kier molecular flexibility index (Phi) is 2.14. The number of nitrogens with zero attached hydrogens (tertiary/aromatic N) is 2. The van der Waals surface area contributed by atoms with Crippen LogP contribution < -0.4 is 16.0 Å². The molecule has 1 saturated heterocycles. The smallest absolute Gasteiger partial charge is 0.187 e. The molecule has 1 aliphatic rings. The number of thiazole rings is 1. The summed E-state index contributed by atoms with van der Waals surface area (Å²) in [7, 11) is 0. The van der Waals surface area contributed by atoms with Crippen LogP contribution in [0.15, 0.2) is 6.20 Å². The average Bonchev–Trinajstić information content (AvgIpc) is 2.54. The number of nitrogen functional groups attached to an aromatic ring is 1. The number of anilines is 2. The summed E-state index contributed by atoms with van der Waals surface area (Å²) in [6.45, 7) is 4.15. The molecule has 2 heterocycles. The van der Waals surface area contributed by atoms with E-state index < -0.39 is 0 Å². The monoisotopic (exact) mass is 184 g/mol. The van der Waals surface area contributed by atoms with Crippen molar-refractivity contribution in [3.05, 3.63) is 6.20 Å². The number of aromatic nitrogens is 1. The lowest BCUT2D eigenvalue weighted by molar-refractivity contribution is 0.588. The number of nitrogens with one attached hydrogen (secondary N) is 1. The molecular formula is C7H12N4S. The lowest BCUT2D eigenvalue weighted by atomic mass is 10.4. The van der Waals surface area contributed by atoms with Gasteiger partial charge in [-0.2, -0.15) is 0 Å². The van der Waals surface area contributed by atoms with Crippen LogP contribution in [0.5, 0.6) is 0 Å². The Morgan fingerprint density at radius 2 is 2.25 bits per heavy atom. The zero-order valence-electron chi connectivity index (χ0n) is 6.79. The molecule has 1 aliphatic heterocycles. The van der Waals surface area contributed by atoms with Gasteiger partial charge in [0, 0.05) is 26.2 Å². The topological polar surface area (TPSA) is 54.2 Å². The molecule has 5 heteroatoms. The molecule has 1 aromatic rings. The van der Waals surface area contributed by atoms with Crippen LogP contribution in [0, 0.1) is 0 Å². The summed E-state index contributed by atoms with van der Waals surface area (Å²) in [5.74, 6) is 0. The van der Waals surface area contributed by atoms with Crippen LogP contribution in [0.4, 0.5) is 10.1 Å². The molecule has 0 aliphatic carbocycles. The minimum Gasteiger partial charge on any atom is -0.389 e. The van der Waals surface area contributed by atoms with Crippen LogP contribution in [0.1, 0.15) is 0 Å². The van der Waals surface area contributed by atoms with E-state index in [0.29, 0.717) is 0 Å². The molecule has 0 radical (unpaired) electrons. The van der Waals surface area contributed by atoms with Gasteiger partial charge in [0.25, 0.3) is 0 Å². The summed E-state index contributed by atoms with van der Waals surface area (Å²) in [5, 5.41) is 5.14. The minimum atomic E-state index is 0.795. The highest BCUT2D eigenvalue weighted by Gasteiger charge is 2.12. The summed E-state index contributed by atoms with van der Waals surface area (Å²) < 4.78 is 0. The van der Waals surface area contributed by atoms with Gasteiger partial charge in [-0.3, -0.25) is 0 Å². The van der Waals surface area contributed by atoms with Crippen LogP contribution in [0.25, 0.3) is 0 Å². The molecule has 0 unspecified atom stereocenters.